The Bertz CT molecular complexity index is 770. The second-order valence-corrected chi connectivity index (χ2v) is 13.1. The molecule has 4 bridgehead atoms. The Kier molecular flexibility index (Phi) is 5.18. The van der Waals surface area contributed by atoms with E-state index in [2.05, 4.69) is 38.3 Å². The van der Waals surface area contributed by atoms with Crippen LogP contribution >= 0.6 is 0 Å². The Labute approximate surface area is 192 Å². The summed E-state index contributed by atoms with van der Waals surface area (Å²) >= 11 is 0. The van der Waals surface area contributed by atoms with Crippen molar-refractivity contribution in [3.05, 3.63) is 0 Å². The first-order valence-electron chi connectivity index (χ1n) is 12.9. The van der Waals surface area contributed by atoms with Crippen molar-refractivity contribution in [2.75, 3.05) is 6.54 Å². The Balaban J connectivity index is 1.20. The van der Waals surface area contributed by atoms with Gasteiger partial charge < -0.3 is 10.6 Å². The number of carbonyl (C=O) groups is 3. The molecule has 1 saturated heterocycles. The molecule has 0 aromatic heterocycles. The SMILES string of the molecule is CC(NC(=O)CN1C(=O)NC2(CCC(C(C)(C)C)CC2)C1=O)C12CC3CC(CC(C3)C1)C2. The van der Waals surface area contributed by atoms with Gasteiger partial charge in [0.15, 0.2) is 0 Å². The number of nitrogens with zero attached hydrogens (tertiary/aromatic N) is 1. The van der Waals surface area contributed by atoms with Gasteiger partial charge in [0, 0.05) is 6.04 Å². The normalized spacial score (nSPS) is 41.8. The van der Waals surface area contributed by atoms with Crippen molar-refractivity contribution in [3.63, 3.8) is 0 Å². The minimum Gasteiger partial charge on any atom is -0.352 e. The van der Waals surface area contributed by atoms with E-state index < -0.39 is 11.6 Å². The summed E-state index contributed by atoms with van der Waals surface area (Å²) in [7, 11) is 0. The molecule has 1 heterocycles. The lowest BCUT2D eigenvalue weighted by Gasteiger charge is -2.59. The third kappa shape index (κ3) is 3.66. The number of amides is 4. The first-order valence-corrected chi connectivity index (χ1v) is 12.9. The highest BCUT2D eigenvalue weighted by Crippen LogP contribution is 2.61. The molecule has 6 aliphatic rings. The van der Waals surface area contributed by atoms with Crippen molar-refractivity contribution < 1.29 is 14.4 Å². The van der Waals surface area contributed by atoms with Gasteiger partial charge in [0.2, 0.25) is 5.91 Å². The van der Waals surface area contributed by atoms with Crippen LogP contribution in [0.3, 0.4) is 0 Å². The molecule has 178 valence electrons. The summed E-state index contributed by atoms with van der Waals surface area (Å²) in [6, 6.07) is -0.304. The van der Waals surface area contributed by atoms with Gasteiger partial charge in [-0.3, -0.25) is 14.5 Å². The molecule has 5 aliphatic carbocycles. The molecule has 5 saturated carbocycles. The van der Waals surface area contributed by atoms with E-state index in [-0.39, 0.29) is 35.2 Å². The molecule has 1 spiro atoms. The maximum Gasteiger partial charge on any atom is 0.325 e. The van der Waals surface area contributed by atoms with Crippen LogP contribution in [-0.2, 0) is 9.59 Å². The lowest BCUT2D eigenvalue weighted by molar-refractivity contribution is -0.137. The van der Waals surface area contributed by atoms with Crippen LogP contribution in [0.2, 0.25) is 0 Å². The number of nitrogens with one attached hydrogen (secondary N) is 2. The maximum absolute atomic E-state index is 13.3. The van der Waals surface area contributed by atoms with E-state index in [4.69, 9.17) is 0 Å². The summed E-state index contributed by atoms with van der Waals surface area (Å²) in [6.45, 7) is 8.71. The third-order valence-corrected chi connectivity index (χ3v) is 9.99. The van der Waals surface area contributed by atoms with Crippen LogP contribution in [0.1, 0.15) is 91.9 Å². The molecule has 6 nitrogen and oxygen atoms in total. The first-order chi connectivity index (χ1) is 15.0. The number of carbonyl (C=O) groups excluding carboxylic acids is 3. The van der Waals surface area contributed by atoms with Crippen molar-refractivity contribution in [3.8, 4) is 0 Å². The van der Waals surface area contributed by atoms with E-state index in [1.165, 1.54) is 43.4 Å². The topological polar surface area (TPSA) is 78.5 Å². The van der Waals surface area contributed by atoms with Crippen LogP contribution in [0, 0.1) is 34.5 Å². The van der Waals surface area contributed by atoms with Crippen LogP contribution < -0.4 is 10.6 Å². The molecule has 0 aromatic carbocycles. The zero-order chi connectivity index (χ0) is 22.9. The van der Waals surface area contributed by atoms with Crippen LogP contribution in [0.4, 0.5) is 4.79 Å². The second-order valence-electron chi connectivity index (χ2n) is 13.1. The summed E-state index contributed by atoms with van der Waals surface area (Å²) < 4.78 is 0. The average Bonchev–Trinajstić information content (AvgIpc) is 2.90. The predicted octanol–water partition coefficient (Wildman–Crippen LogP) is 4.23. The molecule has 6 fully saturated rings. The molecule has 1 unspecified atom stereocenters. The summed E-state index contributed by atoms with van der Waals surface area (Å²) in [5.41, 5.74) is -0.376. The molecule has 2 N–H and O–H groups in total. The van der Waals surface area contributed by atoms with Crippen molar-refractivity contribution >= 4 is 17.8 Å². The van der Waals surface area contributed by atoms with Gasteiger partial charge in [0.1, 0.15) is 12.1 Å². The fraction of sp³-hybridized carbons (Fsp3) is 0.885. The highest BCUT2D eigenvalue weighted by molar-refractivity contribution is 6.09. The molecule has 6 rings (SSSR count). The Morgan fingerprint density at radius 2 is 1.59 bits per heavy atom. The molecule has 4 amide bonds. The van der Waals surface area contributed by atoms with Crippen molar-refractivity contribution in [1.82, 2.24) is 15.5 Å². The third-order valence-electron chi connectivity index (χ3n) is 9.99. The maximum atomic E-state index is 13.3. The zero-order valence-electron chi connectivity index (χ0n) is 20.3. The monoisotopic (exact) mass is 443 g/mol. The zero-order valence-corrected chi connectivity index (χ0v) is 20.3. The first kappa shape index (κ1) is 22.2. The summed E-state index contributed by atoms with van der Waals surface area (Å²) in [5, 5.41) is 6.18. The fourth-order valence-corrected chi connectivity index (χ4v) is 8.43. The van der Waals surface area contributed by atoms with E-state index in [1.807, 2.05) is 0 Å². The van der Waals surface area contributed by atoms with Gasteiger partial charge in [0.05, 0.1) is 0 Å². The van der Waals surface area contributed by atoms with E-state index in [0.717, 1.165) is 30.6 Å². The quantitative estimate of drug-likeness (QED) is 0.638. The van der Waals surface area contributed by atoms with Crippen LogP contribution in [0.25, 0.3) is 0 Å². The Morgan fingerprint density at radius 1 is 1.06 bits per heavy atom. The van der Waals surface area contributed by atoms with Crippen molar-refractivity contribution in [2.24, 2.45) is 34.5 Å². The van der Waals surface area contributed by atoms with Crippen molar-refractivity contribution in [2.45, 2.75) is 103 Å². The molecular formula is C26H41N3O3. The highest BCUT2D eigenvalue weighted by atomic mass is 16.2. The number of urea groups is 1. The summed E-state index contributed by atoms with van der Waals surface area (Å²) in [5.74, 6) is 2.64. The predicted molar refractivity (Wildman–Crippen MR) is 123 cm³/mol. The van der Waals surface area contributed by atoms with Gasteiger partial charge in [-0.2, -0.15) is 0 Å². The van der Waals surface area contributed by atoms with E-state index in [0.29, 0.717) is 18.8 Å². The minimum atomic E-state index is -0.801. The molecule has 1 aliphatic heterocycles. The largest absolute Gasteiger partial charge is 0.352 e. The molecule has 6 heteroatoms. The Hall–Kier alpha value is -1.59. The number of hydrogen-bond donors (Lipinski definition) is 2. The number of rotatable bonds is 4. The van der Waals surface area contributed by atoms with E-state index in [9.17, 15) is 14.4 Å². The Morgan fingerprint density at radius 3 is 2.09 bits per heavy atom. The molecule has 1 atom stereocenters. The van der Waals surface area contributed by atoms with Gasteiger partial charge in [-0.25, -0.2) is 4.79 Å². The van der Waals surface area contributed by atoms with Crippen molar-refractivity contribution in [1.29, 1.82) is 0 Å². The number of hydrogen-bond acceptors (Lipinski definition) is 3. The molecule has 0 aromatic rings. The smallest absolute Gasteiger partial charge is 0.325 e. The molecule has 32 heavy (non-hydrogen) atoms. The molecule has 0 radical (unpaired) electrons. The summed E-state index contributed by atoms with van der Waals surface area (Å²) in [6.07, 6.45) is 11.0. The summed E-state index contributed by atoms with van der Waals surface area (Å²) in [4.78, 5) is 40.1. The lowest BCUT2D eigenvalue weighted by atomic mass is 9.48. The van der Waals surface area contributed by atoms with Gasteiger partial charge in [-0.05, 0) is 106 Å². The lowest BCUT2D eigenvalue weighted by Crippen LogP contribution is -2.57. The average molecular weight is 444 g/mol. The molecular weight excluding hydrogens is 402 g/mol. The van der Waals surface area contributed by atoms with Crippen LogP contribution in [0.15, 0.2) is 0 Å². The second kappa shape index (κ2) is 7.46. The highest BCUT2D eigenvalue weighted by Gasteiger charge is 2.55. The van der Waals surface area contributed by atoms with Crippen LogP contribution in [0.5, 0.6) is 0 Å². The number of imide groups is 1. The minimum absolute atomic E-state index is 0.0975. The van der Waals surface area contributed by atoms with Gasteiger partial charge in [-0.1, -0.05) is 20.8 Å². The van der Waals surface area contributed by atoms with Gasteiger partial charge >= 0.3 is 6.03 Å². The van der Waals surface area contributed by atoms with E-state index >= 15 is 0 Å². The van der Waals surface area contributed by atoms with Crippen LogP contribution in [-0.4, -0.2) is 40.9 Å². The van der Waals surface area contributed by atoms with Gasteiger partial charge in [-0.15, -0.1) is 0 Å². The van der Waals surface area contributed by atoms with Gasteiger partial charge in [0.25, 0.3) is 5.91 Å². The standard InChI is InChI=1S/C26H41N3O3/c1-16(25-12-17-9-18(13-25)11-19(10-17)14-25)27-21(30)15-29-22(31)26(28-23(29)32)7-5-20(6-8-26)24(2,3)4/h16-20H,5-15H2,1-4H3,(H,27,30)(H,28,32). The fourth-order valence-electron chi connectivity index (χ4n) is 8.43. The van der Waals surface area contributed by atoms with E-state index in [1.54, 1.807) is 0 Å².